The molecule has 0 unspecified atom stereocenters. The summed E-state index contributed by atoms with van der Waals surface area (Å²) in [6, 6.07) is 8.26. The Balaban J connectivity index is 1.96. The Morgan fingerprint density at radius 1 is 1.17 bits per heavy atom. The van der Waals surface area contributed by atoms with E-state index >= 15 is 0 Å². The molecule has 18 heavy (non-hydrogen) atoms. The van der Waals surface area contributed by atoms with Crippen LogP contribution in [-0.4, -0.2) is 23.3 Å². The fourth-order valence-electron chi connectivity index (χ4n) is 1.80. The van der Waals surface area contributed by atoms with Crippen molar-refractivity contribution in [2.45, 2.75) is 26.7 Å². The summed E-state index contributed by atoms with van der Waals surface area (Å²) in [7, 11) is 0. The number of benzene rings is 1. The van der Waals surface area contributed by atoms with Crippen molar-refractivity contribution in [1.29, 1.82) is 0 Å². The number of aromatic nitrogens is 2. The van der Waals surface area contributed by atoms with Crippen LogP contribution in [0.5, 0.6) is 0 Å². The molecule has 0 atom stereocenters. The van der Waals surface area contributed by atoms with Crippen LogP contribution in [0.4, 0.5) is 0 Å². The smallest absolute Gasteiger partial charge is 0.220 e. The molecular formula is C14H19N3O. The lowest BCUT2D eigenvalue weighted by molar-refractivity contribution is 0.452. The highest BCUT2D eigenvalue weighted by Crippen LogP contribution is 2.12. The molecule has 4 heteroatoms. The molecule has 0 radical (unpaired) electrons. The van der Waals surface area contributed by atoms with Crippen molar-refractivity contribution < 1.29 is 4.42 Å². The topological polar surface area (TPSA) is 51.0 Å². The number of hydrogen-bond donors (Lipinski definition) is 1. The maximum absolute atomic E-state index is 5.63. The van der Waals surface area contributed by atoms with Gasteiger partial charge in [-0.25, -0.2) is 0 Å². The number of rotatable bonds is 6. The molecule has 0 amide bonds. The second kappa shape index (κ2) is 6.31. The predicted octanol–water partition coefficient (Wildman–Crippen LogP) is 2.12. The standard InChI is InChI=1S/C14H19N3O/c1-3-15-9-8-13-16-17-14(18-13)10-12-7-5-4-6-11(12)2/h4-7,15H,3,8-10H2,1-2H3. The fourth-order valence-corrected chi connectivity index (χ4v) is 1.80. The molecule has 0 bridgehead atoms. The van der Waals surface area contributed by atoms with Gasteiger partial charge in [0.1, 0.15) is 0 Å². The lowest BCUT2D eigenvalue weighted by atomic mass is 10.1. The molecule has 0 spiro atoms. The number of hydrogen-bond acceptors (Lipinski definition) is 4. The first kappa shape index (κ1) is 12.8. The normalized spacial score (nSPS) is 10.8. The quantitative estimate of drug-likeness (QED) is 0.792. The Bertz CT molecular complexity index is 493. The van der Waals surface area contributed by atoms with Gasteiger partial charge in [0.25, 0.3) is 0 Å². The highest BCUT2D eigenvalue weighted by atomic mass is 16.4. The molecule has 0 aliphatic heterocycles. The van der Waals surface area contributed by atoms with Crippen molar-refractivity contribution in [3.63, 3.8) is 0 Å². The van der Waals surface area contributed by atoms with Gasteiger partial charge in [-0.3, -0.25) is 0 Å². The van der Waals surface area contributed by atoms with Crippen molar-refractivity contribution in [1.82, 2.24) is 15.5 Å². The summed E-state index contributed by atoms with van der Waals surface area (Å²) in [5.41, 5.74) is 2.49. The third-order valence-corrected chi connectivity index (χ3v) is 2.88. The maximum atomic E-state index is 5.63. The van der Waals surface area contributed by atoms with E-state index in [4.69, 9.17) is 4.42 Å². The van der Waals surface area contributed by atoms with Gasteiger partial charge >= 0.3 is 0 Å². The third kappa shape index (κ3) is 3.40. The van der Waals surface area contributed by atoms with Crippen molar-refractivity contribution in [2.24, 2.45) is 0 Å². The van der Waals surface area contributed by atoms with Crippen LogP contribution in [0.2, 0.25) is 0 Å². The van der Waals surface area contributed by atoms with Crippen LogP contribution < -0.4 is 5.32 Å². The molecule has 1 aromatic heterocycles. The molecule has 0 aliphatic carbocycles. The first-order chi connectivity index (χ1) is 8.79. The van der Waals surface area contributed by atoms with Gasteiger partial charge in [0.15, 0.2) is 0 Å². The van der Waals surface area contributed by atoms with E-state index in [2.05, 4.69) is 41.5 Å². The minimum atomic E-state index is 0.691. The van der Waals surface area contributed by atoms with E-state index in [0.29, 0.717) is 18.2 Å². The first-order valence-electron chi connectivity index (χ1n) is 6.36. The largest absolute Gasteiger partial charge is 0.425 e. The molecule has 0 saturated heterocycles. The third-order valence-electron chi connectivity index (χ3n) is 2.88. The molecule has 2 rings (SSSR count). The Labute approximate surface area is 107 Å². The maximum Gasteiger partial charge on any atom is 0.220 e. The molecular weight excluding hydrogens is 226 g/mol. The minimum Gasteiger partial charge on any atom is -0.425 e. The van der Waals surface area contributed by atoms with E-state index in [1.165, 1.54) is 11.1 Å². The SMILES string of the molecule is CCNCCc1nnc(Cc2ccccc2C)o1. The van der Waals surface area contributed by atoms with Gasteiger partial charge in [-0.1, -0.05) is 31.2 Å². The second-order valence-electron chi connectivity index (χ2n) is 4.30. The van der Waals surface area contributed by atoms with Crippen LogP contribution >= 0.6 is 0 Å². The Hall–Kier alpha value is -1.68. The van der Waals surface area contributed by atoms with Crippen molar-refractivity contribution in [3.8, 4) is 0 Å². The minimum absolute atomic E-state index is 0.691. The molecule has 0 fully saturated rings. The number of nitrogens with one attached hydrogen (secondary N) is 1. The number of nitrogens with zero attached hydrogens (tertiary/aromatic N) is 2. The molecule has 1 heterocycles. The van der Waals surface area contributed by atoms with Gasteiger partial charge in [-0.05, 0) is 24.6 Å². The zero-order valence-electron chi connectivity index (χ0n) is 10.9. The van der Waals surface area contributed by atoms with Crippen molar-refractivity contribution >= 4 is 0 Å². The number of likely N-dealkylation sites (N-methyl/N-ethyl adjacent to an activating group) is 1. The average Bonchev–Trinajstić information content (AvgIpc) is 2.80. The second-order valence-corrected chi connectivity index (χ2v) is 4.30. The molecule has 1 N–H and O–H groups in total. The fraction of sp³-hybridized carbons (Fsp3) is 0.429. The molecule has 0 aliphatic rings. The van der Waals surface area contributed by atoms with E-state index in [1.807, 2.05) is 12.1 Å². The van der Waals surface area contributed by atoms with Crippen LogP contribution in [0.25, 0.3) is 0 Å². The molecule has 2 aromatic rings. The highest BCUT2D eigenvalue weighted by molar-refractivity contribution is 5.27. The van der Waals surface area contributed by atoms with Crippen molar-refractivity contribution in [3.05, 3.63) is 47.2 Å². The van der Waals surface area contributed by atoms with Crippen LogP contribution in [0.1, 0.15) is 29.8 Å². The molecule has 1 aromatic carbocycles. The van der Waals surface area contributed by atoms with E-state index in [0.717, 1.165) is 19.5 Å². The van der Waals surface area contributed by atoms with E-state index in [1.54, 1.807) is 0 Å². The van der Waals surface area contributed by atoms with Crippen LogP contribution in [0.15, 0.2) is 28.7 Å². The van der Waals surface area contributed by atoms with Gasteiger partial charge in [0.2, 0.25) is 11.8 Å². The summed E-state index contributed by atoms with van der Waals surface area (Å²) in [5.74, 6) is 1.40. The lowest BCUT2D eigenvalue weighted by Gasteiger charge is -2.01. The lowest BCUT2D eigenvalue weighted by Crippen LogP contribution is -2.16. The Kier molecular flexibility index (Phi) is 4.47. The molecule has 96 valence electrons. The zero-order chi connectivity index (χ0) is 12.8. The summed E-state index contributed by atoms with van der Waals surface area (Å²) in [5, 5.41) is 11.4. The van der Waals surface area contributed by atoms with E-state index < -0.39 is 0 Å². The summed E-state index contributed by atoms with van der Waals surface area (Å²) in [4.78, 5) is 0. The molecule has 0 saturated carbocycles. The van der Waals surface area contributed by atoms with Crippen LogP contribution in [0, 0.1) is 6.92 Å². The van der Waals surface area contributed by atoms with Gasteiger partial charge in [-0.2, -0.15) is 0 Å². The van der Waals surface area contributed by atoms with Gasteiger partial charge < -0.3 is 9.73 Å². The Morgan fingerprint density at radius 3 is 2.72 bits per heavy atom. The summed E-state index contributed by atoms with van der Waals surface area (Å²) >= 11 is 0. The van der Waals surface area contributed by atoms with E-state index in [9.17, 15) is 0 Å². The predicted molar refractivity (Wildman–Crippen MR) is 70.5 cm³/mol. The number of aryl methyl sites for hydroxylation is 1. The van der Waals surface area contributed by atoms with Gasteiger partial charge in [-0.15, -0.1) is 10.2 Å². The van der Waals surface area contributed by atoms with Gasteiger partial charge in [0.05, 0.1) is 6.42 Å². The highest BCUT2D eigenvalue weighted by Gasteiger charge is 2.07. The summed E-state index contributed by atoms with van der Waals surface area (Å²) in [6.45, 7) is 6.02. The summed E-state index contributed by atoms with van der Waals surface area (Å²) in [6.07, 6.45) is 1.50. The molecule has 4 nitrogen and oxygen atoms in total. The monoisotopic (exact) mass is 245 g/mol. The zero-order valence-corrected chi connectivity index (χ0v) is 10.9. The summed E-state index contributed by atoms with van der Waals surface area (Å²) < 4.78 is 5.63. The average molecular weight is 245 g/mol. The van der Waals surface area contributed by atoms with Crippen molar-refractivity contribution in [2.75, 3.05) is 13.1 Å². The van der Waals surface area contributed by atoms with Crippen LogP contribution in [-0.2, 0) is 12.8 Å². The Morgan fingerprint density at radius 2 is 1.94 bits per heavy atom. The first-order valence-corrected chi connectivity index (χ1v) is 6.36. The van der Waals surface area contributed by atoms with E-state index in [-0.39, 0.29) is 0 Å². The van der Waals surface area contributed by atoms with Gasteiger partial charge in [0, 0.05) is 13.0 Å². The van der Waals surface area contributed by atoms with Crippen LogP contribution in [0.3, 0.4) is 0 Å².